The van der Waals surface area contributed by atoms with Crippen LogP contribution in [0.5, 0.6) is 11.5 Å². The van der Waals surface area contributed by atoms with Crippen LogP contribution >= 0.6 is 11.6 Å². The number of alkyl halides is 3. The molecule has 0 unspecified atom stereocenters. The second-order valence-electron chi connectivity index (χ2n) is 9.31. The van der Waals surface area contributed by atoms with Crippen molar-refractivity contribution in [1.29, 1.82) is 0 Å². The molecule has 1 amide bonds. The number of nitrogens with zero attached hydrogens (tertiary/aromatic N) is 5. The minimum Gasteiger partial charge on any atom is -0.497 e. The van der Waals surface area contributed by atoms with Gasteiger partial charge in [-0.1, -0.05) is 17.3 Å². The molecule has 0 radical (unpaired) electrons. The quantitative estimate of drug-likeness (QED) is 0.209. The SMILES string of the molecule is COc1ccc(Cn2cc(-c3cc(C(=O)Nc4ccc(OC(F)(F)Cl)cc4)cc4ncn(C(C)C)c34)nn2)cc1. The summed E-state index contributed by atoms with van der Waals surface area (Å²) < 4.78 is 39.0. The Balaban J connectivity index is 1.45. The van der Waals surface area contributed by atoms with Gasteiger partial charge in [-0.25, -0.2) is 9.67 Å². The molecule has 0 saturated heterocycles. The van der Waals surface area contributed by atoms with Crippen LogP contribution in [0.25, 0.3) is 22.3 Å². The van der Waals surface area contributed by atoms with E-state index in [9.17, 15) is 13.6 Å². The van der Waals surface area contributed by atoms with Gasteiger partial charge in [0.25, 0.3) is 5.91 Å². The van der Waals surface area contributed by atoms with E-state index < -0.39 is 11.5 Å². The van der Waals surface area contributed by atoms with Crippen molar-refractivity contribution < 1.29 is 23.0 Å². The van der Waals surface area contributed by atoms with Crippen molar-refractivity contribution in [2.45, 2.75) is 32.0 Å². The Morgan fingerprint density at radius 1 is 1.07 bits per heavy atom. The molecule has 0 fully saturated rings. The number of hydrogen-bond acceptors (Lipinski definition) is 6. The maximum absolute atomic E-state index is 13.2. The first-order valence-corrected chi connectivity index (χ1v) is 12.7. The molecular formula is C28H25ClF2N6O3. The van der Waals surface area contributed by atoms with E-state index in [4.69, 9.17) is 16.3 Å². The van der Waals surface area contributed by atoms with Crippen molar-refractivity contribution >= 4 is 34.2 Å². The largest absolute Gasteiger partial charge is 0.497 e. The number of aromatic nitrogens is 5. The molecule has 3 aromatic carbocycles. The van der Waals surface area contributed by atoms with Gasteiger partial charge in [-0.3, -0.25) is 4.79 Å². The Labute approximate surface area is 233 Å². The van der Waals surface area contributed by atoms with E-state index >= 15 is 0 Å². The Morgan fingerprint density at radius 3 is 2.42 bits per heavy atom. The lowest BCUT2D eigenvalue weighted by Gasteiger charge is -2.13. The highest BCUT2D eigenvalue weighted by Gasteiger charge is 2.27. The number of amides is 1. The smallest absolute Gasteiger partial charge is 0.487 e. The Hall–Kier alpha value is -4.51. The topological polar surface area (TPSA) is 96.1 Å². The lowest BCUT2D eigenvalue weighted by Crippen LogP contribution is -2.16. The summed E-state index contributed by atoms with van der Waals surface area (Å²) in [6.07, 6.45) is 3.55. The molecule has 2 heterocycles. The summed E-state index contributed by atoms with van der Waals surface area (Å²) in [4.78, 5) is 17.8. The van der Waals surface area contributed by atoms with Crippen molar-refractivity contribution in [2.75, 3.05) is 12.4 Å². The third-order valence-corrected chi connectivity index (χ3v) is 6.23. The number of fused-ring (bicyclic) bond motifs is 1. The van der Waals surface area contributed by atoms with Crippen molar-refractivity contribution in [3.05, 3.63) is 84.3 Å². The Kier molecular flexibility index (Phi) is 7.40. The summed E-state index contributed by atoms with van der Waals surface area (Å²) in [5, 5.41) is 11.5. The molecule has 1 N–H and O–H groups in total. The van der Waals surface area contributed by atoms with E-state index in [1.165, 1.54) is 24.3 Å². The third kappa shape index (κ3) is 6.04. The van der Waals surface area contributed by atoms with Crippen LogP contribution in [-0.2, 0) is 6.54 Å². The summed E-state index contributed by atoms with van der Waals surface area (Å²) in [5.74, 6) is 0.214. The average molecular weight is 567 g/mol. The number of rotatable bonds is 9. The van der Waals surface area contributed by atoms with Gasteiger partial charge >= 0.3 is 5.57 Å². The number of nitrogens with one attached hydrogen (secondary N) is 1. The highest BCUT2D eigenvalue weighted by Crippen LogP contribution is 2.31. The van der Waals surface area contributed by atoms with Crippen LogP contribution in [0, 0.1) is 0 Å². The monoisotopic (exact) mass is 566 g/mol. The van der Waals surface area contributed by atoms with Gasteiger partial charge in [-0.05, 0) is 67.9 Å². The predicted molar refractivity (Wildman–Crippen MR) is 147 cm³/mol. The highest BCUT2D eigenvalue weighted by atomic mass is 35.5. The van der Waals surface area contributed by atoms with Gasteiger partial charge in [0.05, 0.1) is 37.2 Å². The minimum atomic E-state index is -3.83. The van der Waals surface area contributed by atoms with Crippen molar-refractivity contribution in [3.8, 4) is 22.8 Å². The number of hydrogen-bond donors (Lipinski definition) is 1. The molecule has 5 rings (SSSR count). The first-order chi connectivity index (χ1) is 19.1. The molecule has 0 atom stereocenters. The van der Waals surface area contributed by atoms with Crippen LogP contribution in [-0.4, -0.2) is 43.1 Å². The second-order valence-corrected chi connectivity index (χ2v) is 9.75. The van der Waals surface area contributed by atoms with Gasteiger partial charge in [0.1, 0.15) is 17.2 Å². The maximum atomic E-state index is 13.2. The number of carbonyl (C=O) groups is 1. The molecule has 0 saturated carbocycles. The summed E-state index contributed by atoms with van der Waals surface area (Å²) in [5.41, 5.74) is 0.646. The van der Waals surface area contributed by atoms with Crippen LogP contribution in [0.15, 0.2) is 73.2 Å². The number of anilines is 1. The predicted octanol–water partition coefficient (Wildman–Crippen LogP) is 6.35. The molecule has 9 nitrogen and oxygen atoms in total. The molecule has 0 aliphatic heterocycles. The second kappa shape index (κ2) is 10.9. The molecule has 0 spiro atoms. The van der Waals surface area contributed by atoms with Gasteiger partial charge in [-0.15, -0.1) is 13.9 Å². The Morgan fingerprint density at radius 2 is 1.77 bits per heavy atom. The van der Waals surface area contributed by atoms with Gasteiger partial charge in [0.15, 0.2) is 0 Å². The highest BCUT2D eigenvalue weighted by molar-refractivity contribution is 6.20. The van der Waals surface area contributed by atoms with E-state index in [1.807, 2.05) is 48.9 Å². The molecule has 2 aromatic heterocycles. The maximum Gasteiger partial charge on any atom is 0.487 e. The molecule has 5 aromatic rings. The fourth-order valence-corrected chi connectivity index (χ4v) is 4.34. The summed E-state index contributed by atoms with van der Waals surface area (Å²) in [6.45, 7) is 4.58. The van der Waals surface area contributed by atoms with E-state index in [0.29, 0.717) is 34.6 Å². The Bertz CT molecular complexity index is 1640. The first-order valence-electron chi connectivity index (χ1n) is 12.3. The van der Waals surface area contributed by atoms with Crippen molar-refractivity contribution in [2.24, 2.45) is 0 Å². The first kappa shape index (κ1) is 27.1. The fourth-order valence-electron chi connectivity index (χ4n) is 4.25. The molecule has 0 bridgehead atoms. The van der Waals surface area contributed by atoms with Gasteiger partial charge in [0, 0.05) is 34.5 Å². The molecule has 40 heavy (non-hydrogen) atoms. The average Bonchev–Trinajstić information content (AvgIpc) is 3.56. The van der Waals surface area contributed by atoms with Crippen molar-refractivity contribution in [1.82, 2.24) is 24.5 Å². The number of imidazole rings is 1. The van der Waals surface area contributed by atoms with E-state index in [0.717, 1.165) is 16.8 Å². The number of methoxy groups -OCH3 is 1. The van der Waals surface area contributed by atoms with Crippen LogP contribution in [0.3, 0.4) is 0 Å². The number of ether oxygens (including phenoxy) is 2. The van der Waals surface area contributed by atoms with Gasteiger partial charge in [0.2, 0.25) is 0 Å². The van der Waals surface area contributed by atoms with E-state index in [1.54, 1.807) is 30.3 Å². The van der Waals surface area contributed by atoms with Crippen LogP contribution < -0.4 is 14.8 Å². The van der Waals surface area contributed by atoms with Gasteiger partial charge < -0.3 is 19.4 Å². The van der Waals surface area contributed by atoms with Crippen molar-refractivity contribution in [3.63, 3.8) is 0 Å². The van der Waals surface area contributed by atoms with Crippen LogP contribution in [0.1, 0.15) is 35.8 Å². The zero-order chi connectivity index (χ0) is 28.4. The number of halogens is 3. The van der Waals surface area contributed by atoms with Gasteiger partial charge in [-0.2, -0.15) is 0 Å². The summed E-state index contributed by atoms with van der Waals surface area (Å²) in [7, 11) is 1.62. The zero-order valence-corrected chi connectivity index (χ0v) is 22.6. The molecule has 0 aliphatic carbocycles. The zero-order valence-electron chi connectivity index (χ0n) is 21.8. The number of carbonyl (C=O) groups excluding carboxylic acids is 1. The lowest BCUT2D eigenvalue weighted by atomic mass is 10.0. The molecule has 0 aliphatic rings. The lowest BCUT2D eigenvalue weighted by molar-refractivity contribution is -0.0964. The van der Waals surface area contributed by atoms with E-state index in [-0.39, 0.29) is 11.8 Å². The molecule has 12 heteroatoms. The molecule has 206 valence electrons. The van der Waals surface area contributed by atoms with Crippen LogP contribution in [0.4, 0.5) is 14.5 Å². The fraction of sp³-hybridized carbons (Fsp3) is 0.214. The summed E-state index contributed by atoms with van der Waals surface area (Å²) in [6, 6.07) is 16.7. The van der Waals surface area contributed by atoms with E-state index in [2.05, 4.69) is 25.3 Å². The standard InChI is InChI=1S/C28H25ClF2N6O3/c1-17(2)37-16-32-24-13-19(27(38)33-20-6-10-22(11-7-20)40-28(29,30)31)12-23(26(24)37)25-15-36(35-34-25)14-18-4-8-21(39-3)9-5-18/h4-13,15-17H,14H2,1-3H3,(H,33,38). The minimum absolute atomic E-state index is 0.110. The normalized spacial score (nSPS) is 11.7. The van der Waals surface area contributed by atoms with Crippen LogP contribution in [0.2, 0.25) is 0 Å². The molecular weight excluding hydrogens is 542 g/mol. The third-order valence-electron chi connectivity index (χ3n) is 6.15. The number of benzene rings is 3. The summed E-state index contributed by atoms with van der Waals surface area (Å²) >= 11 is 4.81.